The molecule has 2 fully saturated rings. The Labute approximate surface area is 139 Å². The molecule has 0 spiro atoms. The van der Waals surface area contributed by atoms with E-state index in [1.807, 2.05) is 26.0 Å². The second kappa shape index (κ2) is 6.52. The average molecular weight is 316 g/mol. The van der Waals surface area contributed by atoms with Crippen molar-refractivity contribution in [3.63, 3.8) is 0 Å². The number of Topliss-reactive ketones (excluding diaryl/α,β-unsaturated/α-hetero) is 1. The van der Waals surface area contributed by atoms with Crippen molar-refractivity contribution in [2.45, 2.75) is 58.1 Å². The van der Waals surface area contributed by atoms with Crippen LogP contribution in [0.4, 0.5) is 5.69 Å². The van der Waals surface area contributed by atoms with Crippen LogP contribution in [0.15, 0.2) is 18.2 Å². The Hall–Kier alpha value is -1.55. The minimum absolute atomic E-state index is 0.150. The summed E-state index contributed by atoms with van der Waals surface area (Å²) in [5, 5.41) is 6.90. The first kappa shape index (κ1) is 16.3. The summed E-state index contributed by atoms with van der Waals surface area (Å²) in [4.78, 5) is 12.9. The standard InChI is InChI=1S/C19H28N2O2/c1-13(2)23-16-5-4-14(3)17(12-16)21-19(8-9-19)18(22)15-6-10-20-11-7-15/h4-5,12-13,15,20-21H,6-11H2,1-3H3. The van der Waals surface area contributed by atoms with Gasteiger partial charge < -0.3 is 15.4 Å². The van der Waals surface area contributed by atoms with Crippen molar-refractivity contribution in [3.8, 4) is 5.75 Å². The van der Waals surface area contributed by atoms with Crippen LogP contribution in [0.5, 0.6) is 5.75 Å². The van der Waals surface area contributed by atoms with Crippen LogP contribution in [0.1, 0.15) is 45.1 Å². The lowest BCUT2D eigenvalue weighted by molar-refractivity contribution is -0.125. The number of hydrogen-bond acceptors (Lipinski definition) is 4. The van der Waals surface area contributed by atoms with Crippen molar-refractivity contribution in [3.05, 3.63) is 23.8 Å². The fraction of sp³-hybridized carbons (Fsp3) is 0.632. The lowest BCUT2D eigenvalue weighted by Gasteiger charge is -2.27. The van der Waals surface area contributed by atoms with Crippen molar-refractivity contribution < 1.29 is 9.53 Å². The molecule has 2 aliphatic rings. The number of benzene rings is 1. The van der Waals surface area contributed by atoms with Crippen molar-refractivity contribution in [1.82, 2.24) is 5.32 Å². The maximum Gasteiger partial charge on any atom is 0.161 e. The molecule has 0 radical (unpaired) electrons. The second-order valence-electron chi connectivity index (χ2n) is 7.24. The van der Waals surface area contributed by atoms with Gasteiger partial charge in [-0.3, -0.25) is 4.79 Å². The van der Waals surface area contributed by atoms with Gasteiger partial charge in [-0.1, -0.05) is 6.07 Å². The highest BCUT2D eigenvalue weighted by molar-refractivity contribution is 5.96. The van der Waals surface area contributed by atoms with Crippen LogP contribution < -0.4 is 15.4 Å². The van der Waals surface area contributed by atoms with Gasteiger partial charge in [-0.2, -0.15) is 0 Å². The van der Waals surface area contributed by atoms with Crippen molar-refractivity contribution in [2.75, 3.05) is 18.4 Å². The van der Waals surface area contributed by atoms with Crippen LogP contribution >= 0.6 is 0 Å². The van der Waals surface area contributed by atoms with Gasteiger partial charge >= 0.3 is 0 Å². The summed E-state index contributed by atoms with van der Waals surface area (Å²) in [6, 6.07) is 6.09. The van der Waals surface area contributed by atoms with E-state index in [2.05, 4.69) is 23.6 Å². The molecular weight excluding hydrogens is 288 g/mol. The van der Waals surface area contributed by atoms with Gasteiger partial charge in [-0.15, -0.1) is 0 Å². The summed E-state index contributed by atoms with van der Waals surface area (Å²) >= 11 is 0. The molecule has 1 aromatic carbocycles. The number of ketones is 1. The Morgan fingerprint density at radius 3 is 2.61 bits per heavy atom. The van der Waals surface area contributed by atoms with E-state index in [1.165, 1.54) is 0 Å². The van der Waals surface area contributed by atoms with E-state index in [0.717, 1.165) is 55.8 Å². The molecule has 1 aliphatic heterocycles. The van der Waals surface area contributed by atoms with Gasteiger partial charge in [-0.25, -0.2) is 0 Å². The maximum absolute atomic E-state index is 12.9. The molecule has 4 nitrogen and oxygen atoms in total. The topological polar surface area (TPSA) is 50.4 Å². The summed E-state index contributed by atoms with van der Waals surface area (Å²) in [6.45, 7) is 8.05. The van der Waals surface area contributed by atoms with E-state index in [4.69, 9.17) is 4.74 Å². The average Bonchev–Trinajstić information content (AvgIpc) is 3.31. The minimum Gasteiger partial charge on any atom is -0.491 e. The van der Waals surface area contributed by atoms with Gasteiger partial charge in [0, 0.05) is 17.7 Å². The quantitative estimate of drug-likeness (QED) is 0.845. The van der Waals surface area contributed by atoms with Gasteiger partial charge in [0.15, 0.2) is 5.78 Å². The van der Waals surface area contributed by atoms with E-state index in [-0.39, 0.29) is 17.6 Å². The number of carbonyl (C=O) groups excluding carboxylic acids is 1. The van der Waals surface area contributed by atoms with E-state index >= 15 is 0 Å². The molecule has 0 unspecified atom stereocenters. The number of rotatable bonds is 6. The number of piperidine rings is 1. The van der Waals surface area contributed by atoms with E-state index in [1.54, 1.807) is 0 Å². The fourth-order valence-corrected chi connectivity index (χ4v) is 3.37. The van der Waals surface area contributed by atoms with Gasteiger partial charge in [0.05, 0.1) is 11.6 Å². The van der Waals surface area contributed by atoms with Crippen LogP contribution in [0.25, 0.3) is 0 Å². The van der Waals surface area contributed by atoms with E-state index in [0.29, 0.717) is 5.78 Å². The second-order valence-corrected chi connectivity index (χ2v) is 7.24. The molecule has 1 aromatic rings. The zero-order valence-electron chi connectivity index (χ0n) is 14.4. The van der Waals surface area contributed by atoms with E-state index in [9.17, 15) is 4.79 Å². The maximum atomic E-state index is 12.9. The minimum atomic E-state index is -0.330. The molecule has 1 saturated heterocycles. The number of hydrogen-bond donors (Lipinski definition) is 2. The van der Waals surface area contributed by atoms with Crippen LogP contribution in [0.3, 0.4) is 0 Å². The van der Waals surface area contributed by atoms with Crippen molar-refractivity contribution in [2.24, 2.45) is 5.92 Å². The summed E-state index contributed by atoms with van der Waals surface area (Å²) in [7, 11) is 0. The van der Waals surface area contributed by atoms with Gasteiger partial charge in [0.2, 0.25) is 0 Å². The number of anilines is 1. The third-order valence-electron chi connectivity index (χ3n) is 4.89. The Morgan fingerprint density at radius 2 is 2.00 bits per heavy atom. The van der Waals surface area contributed by atoms with Crippen LogP contribution in [0, 0.1) is 12.8 Å². The van der Waals surface area contributed by atoms with Crippen LogP contribution in [-0.2, 0) is 4.79 Å². The van der Waals surface area contributed by atoms with Crippen LogP contribution in [0.2, 0.25) is 0 Å². The lowest BCUT2D eigenvalue weighted by atomic mass is 9.88. The SMILES string of the molecule is Cc1ccc(OC(C)C)cc1NC1(C(=O)C2CCNCC2)CC1. The molecule has 0 atom stereocenters. The Kier molecular flexibility index (Phi) is 4.62. The Bertz CT molecular complexity index is 573. The molecule has 0 bridgehead atoms. The fourth-order valence-electron chi connectivity index (χ4n) is 3.37. The highest BCUT2D eigenvalue weighted by Crippen LogP contribution is 2.44. The summed E-state index contributed by atoms with van der Waals surface area (Å²) in [5.74, 6) is 1.48. The predicted molar refractivity (Wildman–Crippen MR) is 93.1 cm³/mol. The van der Waals surface area contributed by atoms with Crippen molar-refractivity contribution >= 4 is 11.5 Å². The highest BCUT2D eigenvalue weighted by Gasteiger charge is 2.51. The number of carbonyl (C=O) groups is 1. The lowest BCUT2D eigenvalue weighted by Crippen LogP contribution is -2.41. The first-order valence-electron chi connectivity index (χ1n) is 8.81. The molecule has 0 amide bonds. The highest BCUT2D eigenvalue weighted by atomic mass is 16.5. The molecule has 126 valence electrons. The zero-order valence-corrected chi connectivity index (χ0v) is 14.4. The Morgan fingerprint density at radius 1 is 1.30 bits per heavy atom. The molecular formula is C19H28N2O2. The third kappa shape index (κ3) is 3.69. The van der Waals surface area contributed by atoms with Gasteiger partial charge in [0.1, 0.15) is 5.75 Å². The molecule has 1 saturated carbocycles. The molecule has 0 aromatic heterocycles. The third-order valence-corrected chi connectivity index (χ3v) is 4.89. The summed E-state index contributed by atoms with van der Waals surface area (Å²) in [6.07, 6.45) is 3.99. The monoisotopic (exact) mass is 316 g/mol. The molecule has 4 heteroatoms. The molecule has 3 rings (SSSR count). The van der Waals surface area contributed by atoms with Gasteiger partial charge in [-0.05, 0) is 71.2 Å². The molecule has 1 heterocycles. The summed E-state index contributed by atoms with van der Waals surface area (Å²) < 4.78 is 5.79. The molecule has 1 aliphatic carbocycles. The van der Waals surface area contributed by atoms with E-state index < -0.39 is 0 Å². The molecule has 2 N–H and O–H groups in total. The summed E-state index contributed by atoms with van der Waals surface area (Å²) in [5.41, 5.74) is 1.86. The Balaban J connectivity index is 1.74. The normalized spacial score (nSPS) is 20.3. The molecule has 23 heavy (non-hydrogen) atoms. The number of ether oxygens (including phenoxy) is 1. The van der Waals surface area contributed by atoms with Crippen LogP contribution in [-0.4, -0.2) is 30.5 Å². The largest absolute Gasteiger partial charge is 0.491 e. The number of nitrogens with one attached hydrogen (secondary N) is 2. The first-order valence-corrected chi connectivity index (χ1v) is 8.81. The zero-order chi connectivity index (χ0) is 16.4. The first-order chi connectivity index (χ1) is 11.0. The van der Waals surface area contributed by atoms with Gasteiger partial charge in [0.25, 0.3) is 0 Å². The van der Waals surface area contributed by atoms with Crippen molar-refractivity contribution in [1.29, 1.82) is 0 Å². The smallest absolute Gasteiger partial charge is 0.161 e. The number of aryl methyl sites for hydroxylation is 1. The predicted octanol–water partition coefficient (Wildman–Crippen LogP) is 3.30.